The zero-order valence-electron chi connectivity index (χ0n) is 21.6. The zero-order chi connectivity index (χ0) is 23.6. The van der Waals surface area contributed by atoms with E-state index in [4.69, 9.17) is 0 Å². The molecule has 0 saturated heterocycles. The fraction of sp³-hybridized carbons (Fsp3) is 0.931. The molecule has 0 radical (unpaired) electrons. The smallest absolute Gasteiger partial charge is 0.0827 e. The summed E-state index contributed by atoms with van der Waals surface area (Å²) in [6.07, 6.45) is 8.19. The lowest BCUT2D eigenvalue weighted by Gasteiger charge is -2.66. The minimum atomic E-state index is -0.660. The molecule has 11 atom stereocenters. The second kappa shape index (κ2) is 8.38. The van der Waals surface area contributed by atoms with Crippen LogP contribution in [0.15, 0.2) is 12.2 Å². The predicted octanol–water partition coefficient (Wildman–Crippen LogP) is 5.97. The molecule has 0 aromatic heterocycles. The quantitative estimate of drug-likeness (QED) is 0.456. The first-order chi connectivity index (χ1) is 14.9. The van der Waals surface area contributed by atoms with Crippen molar-refractivity contribution in [1.82, 2.24) is 0 Å². The van der Waals surface area contributed by atoms with E-state index in [9.17, 15) is 15.3 Å². The van der Waals surface area contributed by atoms with Crippen LogP contribution >= 0.6 is 0 Å². The first-order valence-electron chi connectivity index (χ1n) is 13.6. The van der Waals surface area contributed by atoms with Crippen LogP contribution in [-0.2, 0) is 0 Å². The SMILES string of the molecule is C=C(CC[C@@H](C)[C@H]1CC[C@@H]2[C@]1(C)CC[C@@H]1[C@@]3(C)C[C@H](O)[C@H](O)[C@@H](C)[C@@H]3CC[C@@]21O)C(C)C. The van der Waals surface area contributed by atoms with Crippen molar-refractivity contribution in [1.29, 1.82) is 0 Å². The minimum absolute atomic E-state index is 0.0783. The van der Waals surface area contributed by atoms with Crippen LogP contribution in [0.5, 0.6) is 0 Å². The van der Waals surface area contributed by atoms with Gasteiger partial charge in [0.25, 0.3) is 0 Å². The topological polar surface area (TPSA) is 60.7 Å². The first kappa shape index (κ1) is 24.7. The molecule has 0 aromatic carbocycles. The third-order valence-electron chi connectivity index (χ3n) is 11.7. The van der Waals surface area contributed by atoms with Crippen LogP contribution in [0.25, 0.3) is 0 Å². The Bertz CT molecular complexity index is 717. The molecule has 0 spiro atoms. The summed E-state index contributed by atoms with van der Waals surface area (Å²) in [5.41, 5.74) is 0.893. The van der Waals surface area contributed by atoms with Gasteiger partial charge in [0, 0.05) is 0 Å². The van der Waals surface area contributed by atoms with Gasteiger partial charge in [-0.05, 0) is 110 Å². The van der Waals surface area contributed by atoms with Crippen LogP contribution in [0.3, 0.4) is 0 Å². The molecule has 0 aliphatic heterocycles. The number of aliphatic hydroxyl groups excluding tert-OH is 2. The molecule has 0 heterocycles. The van der Waals surface area contributed by atoms with Crippen LogP contribution in [0.2, 0.25) is 0 Å². The molecule has 4 fully saturated rings. The van der Waals surface area contributed by atoms with Crippen molar-refractivity contribution in [3.05, 3.63) is 12.2 Å². The molecular weight excluding hydrogens is 396 g/mol. The molecule has 4 aliphatic rings. The van der Waals surface area contributed by atoms with E-state index in [1.165, 1.54) is 24.8 Å². The minimum Gasteiger partial charge on any atom is -0.390 e. The molecule has 3 nitrogen and oxygen atoms in total. The van der Waals surface area contributed by atoms with Crippen molar-refractivity contribution in [2.24, 2.45) is 52.3 Å². The van der Waals surface area contributed by atoms with Gasteiger partial charge >= 0.3 is 0 Å². The summed E-state index contributed by atoms with van der Waals surface area (Å²) in [6, 6.07) is 0. The summed E-state index contributed by atoms with van der Waals surface area (Å²) >= 11 is 0. The fourth-order valence-electron chi connectivity index (χ4n) is 9.77. The van der Waals surface area contributed by atoms with Crippen LogP contribution in [0.1, 0.15) is 99.3 Å². The van der Waals surface area contributed by atoms with E-state index >= 15 is 0 Å². The van der Waals surface area contributed by atoms with Crippen molar-refractivity contribution in [3.63, 3.8) is 0 Å². The Balaban J connectivity index is 1.55. The maximum Gasteiger partial charge on any atom is 0.0827 e. The number of hydrogen-bond donors (Lipinski definition) is 3. The highest BCUT2D eigenvalue weighted by Crippen LogP contribution is 2.70. The number of fused-ring (bicyclic) bond motifs is 5. The molecular formula is C29H50O3. The fourth-order valence-corrected chi connectivity index (χ4v) is 9.77. The molecule has 3 N–H and O–H groups in total. The van der Waals surface area contributed by atoms with Crippen LogP contribution in [0.4, 0.5) is 0 Å². The number of allylic oxidation sites excluding steroid dienone is 1. The van der Waals surface area contributed by atoms with Crippen LogP contribution < -0.4 is 0 Å². The Kier molecular flexibility index (Phi) is 6.48. The van der Waals surface area contributed by atoms with Gasteiger partial charge in [-0.15, -0.1) is 0 Å². The number of rotatable bonds is 5. The summed E-state index contributed by atoms with van der Waals surface area (Å²) in [4.78, 5) is 0. The highest BCUT2D eigenvalue weighted by molar-refractivity contribution is 5.17. The normalized spacial score (nSPS) is 51.6. The third-order valence-corrected chi connectivity index (χ3v) is 11.7. The van der Waals surface area contributed by atoms with E-state index in [2.05, 4.69) is 48.1 Å². The highest BCUT2D eigenvalue weighted by Gasteiger charge is 2.68. The zero-order valence-corrected chi connectivity index (χ0v) is 21.6. The molecule has 3 heteroatoms. The average Bonchev–Trinajstić information content (AvgIpc) is 3.08. The molecule has 0 aromatic rings. The molecule has 0 bridgehead atoms. The van der Waals surface area contributed by atoms with Crippen molar-refractivity contribution in [2.75, 3.05) is 0 Å². The predicted molar refractivity (Wildman–Crippen MR) is 131 cm³/mol. The molecule has 184 valence electrons. The highest BCUT2D eigenvalue weighted by atomic mass is 16.3. The molecule has 0 unspecified atom stereocenters. The van der Waals surface area contributed by atoms with E-state index in [-0.39, 0.29) is 22.7 Å². The summed E-state index contributed by atoms with van der Waals surface area (Å²) < 4.78 is 0. The van der Waals surface area contributed by atoms with Gasteiger partial charge in [-0.2, -0.15) is 0 Å². The monoisotopic (exact) mass is 446 g/mol. The Labute approximate surface area is 197 Å². The maximum atomic E-state index is 12.4. The van der Waals surface area contributed by atoms with Gasteiger partial charge in [0.05, 0.1) is 17.8 Å². The second-order valence-electron chi connectivity index (χ2n) is 13.4. The number of hydrogen-bond acceptors (Lipinski definition) is 3. The number of aliphatic hydroxyl groups is 3. The lowest BCUT2D eigenvalue weighted by Crippen LogP contribution is -2.66. The lowest BCUT2D eigenvalue weighted by molar-refractivity contribution is -0.248. The van der Waals surface area contributed by atoms with Gasteiger partial charge in [0.2, 0.25) is 0 Å². The van der Waals surface area contributed by atoms with E-state index in [1.807, 2.05) is 0 Å². The summed E-state index contributed by atoms with van der Waals surface area (Å²) in [7, 11) is 0. The Morgan fingerprint density at radius 2 is 1.62 bits per heavy atom. The van der Waals surface area contributed by atoms with E-state index in [0.29, 0.717) is 36.0 Å². The van der Waals surface area contributed by atoms with Crippen LogP contribution in [0, 0.1) is 52.3 Å². The summed E-state index contributed by atoms with van der Waals surface area (Å²) in [6.45, 7) is 18.2. The summed E-state index contributed by atoms with van der Waals surface area (Å²) in [5.74, 6) is 3.02. The Morgan fingerprint density at radius 1 is 0.969 bits per heavy atom. The molecule has 4 aliphatic carbocycles. The Hall–Kier alpha value is -0.380. The van der Waals surface area contributed by atoms with E-state index < -0.39 is 17.8 Å². The van der Waals surface area contributed by atoms with Gasteiger partial charge in [-0.3, -0.25) is 0 Å². The Morgan fingerprint density at radius 3 is 2.28 bits per heavy atom. The van der Waals surface area contributed by atoms with Crippen molar-refractivity contribution < 1.29 is 15.3 Å². The van der Waals surface area contributed by atoms with Gasteiger partial charge in [0.15, 0.2) is 0 Å². The van der Waals surface area contributed by atoms with Gasteiger partial charge < -0.3 is 15.3 Å². The average molecular weight is 447 g/mol. The molecule has 4 rings (SSSR count). The van der Waals surface area contributed by atoms with Crippen molar-refractivity contribution in [3.8, 4) is 0 Å². The second-order valence-corrected chi connectivity index (χ2v) is 13.4. The van der Waals surface area contributed by atoms with Crippen molar-refractivity contribution in [2.45, 2.75) is 117 Å². The molecule has 0 amide bonds. The van der Waals surface area contributed by atoms with Gasteiger partial charge in [-0.1, -0.05) is 53.7 Å². The van der Waals surface area contributed by atoms with Crippen molar-refractivity contribution >= 4 is 0 Å². The lowest BCUT2D eigenvalue weighted by atomic mass is 9.41. The standard InChI is InChI=1S/C29H50O3/c1-17(2)18(3)8-9-19(4)21-10-11-24-27(21,6)14-13-25-28(7)16-23(30)26(31)20(5)22(28)12-15-29(24,25)32/h17,19-26,30-32H,3,8-16H2,1-2,4-7H3/t19-,20+,21-,22+,23+,24-,25-,26-,27-,28+,29-/m1/s1. The van der Waals surface area contributed by atoms with Crippen LogP contribution in [-0.4, -0.2) is 33.1 Å². The molecule has 32 heavy (non-hydrogen) atoms. The largest absolute Gasteiger partial charge is 0.390 e. The van der Waals surface area contributed by atoms with Gasteiger partial charge in [0.1, 0.15) is 0 Å². The van der Waals surface area contributed by atoms with E-state index in [1.54, 1.807) is 0 Å². The van der Waals surface area contributed by atoms with E-state index in [0.717, 1.165) is 32.1 Å². The van der Waals surface area contributed by atoms with Gasteiger partial charge in [-0.25, -0.2) is 0 Å². The summed E-state index contributed by atoms with van der Waals surface area (Å²) in [5, 5.41) is 33.6. The first-order valence-corrected chi connectivity index (χ1v) is 13.6. The molecule has 4 saturated carbocycles. The third kappa shape index (κ3) is 3.55. The maximum absolute atomic E-state index is 12.4.